The third-order valence-electron chi connectivity index (χ3n) is 6.30. The molecule has 162 valence electrons. The Morgan fingerprint density at radius 3 is 2.67 bits per heavy atom. The first kappa shape index (κ1) is 21.2. The average molecular weight is 411 g/mol. The van der Waals surface area contributed by atoms with Gasteiger partial charge in [-0.05, 0) is 67.6 Å². The molecular formula is C25H34N2O3. The zero-order valence-corrected chi connectivity index (χ0v) is 18.0. The van der Waals surface area contributed by atoms with E-state index in [1.54, 1.807) is 7.11 Å². The molecule has 2 aromatic rings. The Balaban J connectivity index is 1.24. The van der Waals surface area contributed by atoms with Crippen LogP contribution in [-0.2, 0) is 11.2 Å². The maximum Gasteiger partial charge on any atom is 0.119 e. The summed E-state index contributed by atoms with van der Waals surface area (Å²) in [6.07, 6.45) is 4.10. The van der Waals surface area contributed by atoms with Gasteiger partial charge in [0, 0.05) is 31.9 Å². The molecule has 2 unspecified atom stereocenters. The van der Waals surface area contributed by atoms with Crippen LogP contribution < -0.4 is 9.64 Å². The van der Waals surface area contributed by atoms with Crippen molar-refractivity contribution in [3.8, 4) is 5.75 Å². The summed E-state index contributed by atoms with van der Waals surface area (Å²) in [4.78, 5) is 4.79. The highest BCUT2D eigenvalue weighted by Crippen LogP contribution is 2.32. The van der Waals surface area contributed by atoms with E-state index < -0.39 is 6.10 Å². The van der Waals surface area contributed by atoms with Gasteiger partial charge in [0.05, 0.1) is 25.9 Å². The van der Waals surface area contributed by atoms with Gasteiger partial charge in [0.15, 0.2) is 0 Å². The van der Waals surface area contributed by atoms with Gasteiger partial charge < -0.3 is 19.5 Å². The summed E-state index contributed by atoms with van der Waals surface area (Å²) >= 11 is 0. The molecule has 0 radical (unpaired) electrons. The molecule has 1 saturated heterocycles. The van der Waals surface area contributed by atoms with Crippen LogP contribution in [0, 0.1) is 0 Å². The lowest BCUT2D eigenvalue weighted by molar-refractivity contribution is -0.0275. The highest BCUT2D eigenvalue weighted by molar-refractivity contribution is 5.49. The van der Waals surface area contributed by atoms with Crippen molar-refractivity contribution in [1.82, 2.24) is 4.90 Å². The van der Waals surface area contributed by atoms with Crippen LogP contribution in [-0.4, -0.2) is 62.6 Å². The molecule has 1 aliphatic carbocycles. The molecule has 0 saturated carbocycles. The molecule has 4 rings (SSSR count). The van der Waals surface area contributed by atoms with E-state index in [0.29, 0.717) is 13.2 Å². The van der Waals surface area contributed by atoms with Crippen LogP contribution >= 0.6 is 0 Å². The number of aliphatic hydroxyl groups excluding tert-OH is 1. The predicted octanol–water partition coefficient (Wildman–Crippen LogP) is 3.66. The zero-order chi connectivity index (χ0) is 20.8. The van der Waals surface area contributed by atoms with Gasteiger partial charge >= 0.3 is 0 Å². The molecule has 0 aromatic heterocycles. The van der Waals surface area contributed by atoms with Crippen LogP contribution in [0.5, 0.6) is 5.75 Å². The summed E-state index contributed by atoms with van der Waals surface area (Å²) in [5, 5.41) is 10.6. The van der Waals surface area contributed by atoms with Gasteiger partial charge in [-0.2, -0.15) is 0 Å². The normalized spacial score (nSPS) is 21.0. The van der Waals surface area contributed by atoms with Gasteiger partial charge in [0.1, 0.15) is 5.75 Å². The first-order valence-corrected chi connectivity index (χ1v) is 11.2. The second kappa shape index (κ2) is 10.3. The highest BCUT2D eigenvalue weighted by atomic mass is 16.5. The van der Waals surface area contributed by atoms with Crippen LogP contribution in [0.2, 0.25) is 0 Å². The average Bonchev–Trinajstić information content (AvgIpc) is 3.03. The molecule has 2 aromatic carbocycles. The molecule has 0 spiro atoms. The summed E-state index contributed by atoms with van der Waals surface area (Å²) in [5.41, 5.74) is 3.94. The SMILES string of the molecule is COc1ccc(N2CCCN(CC(O)COC3CCCc4ccccc43)CC2)cc1. The number of hydrogen-bond acceptors (Lipinski definition) is 5. The van der Waals surface area contributed by atoms with E-state index in [4.69, 9.17) is 9.47 Å². The maximum absolute atomic E-state index is 10.6. The Kier molecular flexibility index (Phi) is 7.26. The summed E-state index contributed by atoms with van der Waals surface area (Å²) in [7, 11) is 1.70. The van der Waals surface area contributed by atoms with Crippen LogP contribution in [0.15, 0.2) is 48.5 Å². The number of rotatable bonds is 7. The van der Waals surface area contributed by atoms with Crippen LogP contribution in [0.1, 0.15) is 36.5 Å². The molecule has 1 aliphatic heterocycles. The van der Waals surface area contributed by atoms with Gasteiger partial charge in [-0.15, -0.1) is 0 Å². The van der Waals surface area contributed by atoms with Gasteiger partial charge in [-0.1, -0.05) is 24.3 Å². The minimum absolute atomic E-state index is 0.124. The smallest absolute Gasteiger partial charge is 0.119 e. The van der Waals surface area contributed by atoms with Crippen molar-refractivity contribution in [3.63, 3.8) is 0 Å². The lowest BCUT2D eigenvalue weighted by Crippen LogP contribution is -2.38. The molecule has 30 heavy (non-hydrogen) atoms. The number of anilines is 1. The molecule has 1 fully saturated rings. The monoisotopic (exact) mass is 410 g/mol. The summed E-state index contributed by atoms with van der Waals surface area (Å²) in [5.74, 6) is 0.888. The fourth-order valence-electron chi connectivity index (χ4n) is 4.67. The van der Waals surface area contributed by atoms with Crippen molar-refractivity contribution in [1.29, 1.82) is 0 Å². The van der Waals surface area contributed by atoms with Crippen molar-refractivity contribution >= 4 is 5.69 Å². The molecule has 5 heteroatoms. The second-order valence-corrected chi connectivity index (χ2v) is 8.41. The highest BCUT2D eigenvalue weighted by Gasteiger charge is 2.23. The lowest BCUT2D eigenvalue weighted by atomic mass is 9.89. The number of aryl methyl sites for hydroxylation is 1. The topological polar surface area (TPSA) is 45.2 Å². The number of nitrogens with zero attached hydrogens (tertiary/aromatic N) is 2. The van der Waals surface area contributed by atoms with E-state index in [2.05, 4.69) is 46.2 Å². The Morgan fingerprint density at radius 2 is 1.83 bits per heavy atom. The first-order valence-electron chi connectivity index (χ1n) is 11.2. The Labute approximate surface area is 180 Å². The van der Waals surface area contributed by atoms with E-state index in [-0.39, 0.29) is 6.10 Å². The van der Waals surface area contributed by atoms with Crippen LogP contribution in [0.25, 0.3) is 0 Å². The summed E-state index contributed by atoms with van der Waals surface area (Å²) in [6, 6.07) is 16.8. The Morgan fingerprint density at radius 1 is 1.00 bits per heavy atom. The van der Waals surface area contributed by atoms with Crippen LogP contribution in [0.4, 0.5) is 5.69 Å². The number of benzene rings is 2. The summed E-state index contributed by atoms with van der Waals surface area (Å²) < 4.78 is 11.4. The fraction of sp³-hybridized carbons (Fsp3) is 0.520. The van der Waals surface area contributed by atoms with Crippen molar-refractivity contribution < 1.29 is 14.6 Å². The Hall–Kier alpha value is -2.08. The number of fused-ring (bicyclic) bond motifs is 1. The largest absolute Gasteiger partial charge is 0.497 e. The van der Waals surface area contributed by atoms with Crippen molar-refractivity contribution in [2.24, 2.45) is 0 Å². The number of ether oxygens (including phenoxy) is 2. The Bertz CT molecular complexity index is 795. The van der Waals surface area contributed by atoms with Crippen molar-refractivity contribution in [3.05, 3.63) is 59.7 Å². The molecule has 5 nitrogen and oxygen atoms in total. The van der Waals surface area contributed by atoms with E-state index >= 15 is 0 Å². The molecule has 1 heterocycles. The fourth-order valence-corrected chi connectivity index (χ4v) is 4.67. The third kappa shape index (κ3) is 5.34. The van der Waals surface area contributed by atoms with Crippen LogP contribution in [0.3, 0.4) is 0 Å². The van der Waals surface area contributed by atoms with Gasteiger partial charge in [0.2, 0.25) is 0 Å². The molecular weight excluding hydrogens is 376 g/mol. The van der Waals surface area contributed by atoms with E-state index in [1.807, 2.05) is 12.1 Å². The van der Waals surface area contributed by atoms with Crippen molar-refractivity contribution in [2.75, 3.05) is 51.3 Å². The minimum Gasteiger partial charge on any atom is -0.497 e. The van der Waals surface area contributed by atoms with Gasteiger partial charge in [-0.25, -0.2) is 0 Å². The van der Waals surface area contributed by atoms with Gasteiger partial charge in [-0.3, -0.25) is 4.90 Å². The number of hydrogen-bond donors (Lipinski definition) is 1. The number of methoxy groups -OCH3 is 1. The molecule has 1 N–H and O–H groups in total. The maximum atomic E-state index is 10.6. The minimum atomic E-state index is -0.452. The predicted molar refractivity (Wildman–Crippen MR) is 120 cm³/mol. The molecule has 2 aliphatic rings. The van der Waals surface area contributed by atoms with E-state index in [1.165, 1.54) is 16.8 Å². The molecule has 0 amide bonds. The quantitative estimate of drug-likeness (QED) is 0.755. The lowest BCUT2D eigenvalue weighted by Gasteiger charge is -2.28. The zero-order valence-electron chi connectivity index (χ0n) is 18.0. The first-order chi connectivity index (χ1) is 14.7. The van der Waals surface area contributed by atoms with Gasteiger partial charge in [0.25, 0.3) is 0 Å². The van der Waals surface area contributed by atoms with Crippen molar-refractivity contribution in [2.45, 2.75) is 37.9 Å². The molecule has 0 bridgehead atoms. The third-order valence-corrected chi connectivity index (χ3v) is 6.30. The molecule has 2 atom stereocenters. The second-order valence-electron chi connectivity index (χ2n) is 8.41. The van der Waals surface area contributed by atoms with E-state index in [9.17, 15) is 5.11 Å². The number of β-amino-alcohol motifs (C(OH)–C–C–N with tert-alkyl or cyclic N) is 1. The number of aliphatic hydroxyl groups is 1. The summed E-state index contributed by atoms with van der Waals surface area (Å²) in [6.45, 7) is 5.04. The van der Waals surface area contributed by atoms with E-state index in [0.717, 1.165) is 57.6 Å². The standard InChI is InChI=1S/C25H34N2O3/c1-29-23-12-10-21(11-13-23)27-15-5-14-26(16-17-27)18-22(28)19-30-25-9-4-7-20-6-2-3-8-24(20)25/h2-3,6,8,10-13,22,25,28H,4-5,7,9,14-19H2,1H3.